The van der Waals surface area contributed by atoms with Gasteiger partial charge in [0.2, 0.25) is 0 Å². The molecule has 0 saturated carbocycles. The molecule has 0 unspecified atom stereocenters. The third kappa shape index (κ3) is 2.63. The van der Waals surface area contributed by atoms with Gasteiger partial charge < -0.3 is 0 Å². The fourth-order valence-corrected chi connectivity index (χ4v) is 1.43. The Labute approximate surface area is 93.6 Å². The van der Waals surface area contributed by atoms with Crippen molar-refractivity contribution in [3.63, 3.8) is 0 Å². The van der Waals surface area contributed by atoms with Gasteiger partial charge in [-0.2, -0.15) is 0 Å². The van der Waals surface area contributed by atoms with Crippen molar-refractivity contribution in [3.05, 3.63) is 49.6 Å². The van der Waals surface area contributed by atoms with Crippen molar-refractivity contribution in [1.82, 2.24) is 9.35 Å². The molecule has 6 heteroatoms. The molecule has 0 bridgehead atoms. The number of nitrogens with zero attached hydrogens (tertiary/aromatic N) is 4. The molecule has 0 aliphatic heterocycles. The summed E-state index contributed by atoms with van der Waals surface area (Å²) in [5.41, 5.74) is 0. The minimum absolute atomic E-state index is 0.814. The Hall–Kier alpha value is -2.24. The van der Waals surface area contributed by atoms with Crippen LogP contribution in [0.2, 0.25) is 0 Å². The molecule has 0 spiro atoms. The second-order valence-corrected chi connectivity index (χ2v) is 3.59. The van der Waals surface area contributed by atoms with E-state index in [4.69, 9.17) is 11.7 Å². The van der Waals surface area contributed by atoms with E-state index in [2.05, 4.69) is 12.2 Å². The van der Waals surface area contributed by atoms with Crippen molar-refractivity contribution in [2.24, 2.45) is 0 Å². The predicted molar refractivity (Wildman–Crippen MR) is 58.7 cm³/mol. The minimum Gasteiger partial charge on any atom is -0.269 e. The van der Waals surface area contributed by atoms with Crippen LogP contribution in [0, 0.1) is 0 Å². The van der Waals surface area contributed by atoms with Gasteiger partial charge in [0.15, 0.2) is 12.4 Å². The van der Waals surface area contributed by atoms with Gasteiger partial charge in [0, 0.05) is 0 Å². The quantitative estimate of drug-likeness (QED) is 0.376. The SMILES string of the molecule is Nn1cc[n+](C/C=C/C[n+]2ccn(N)c2)c1. The standard InChI is InChI=1S/C10H16N6/c11-15-7-5-13(9-15)3-1-2-4-14-6-8-16(12)10-14/h1-2,5-10H,3-4,11-12H2/q+2/b2-1+. The summed E-state index contributed by atoms with van der Waals surface area (Å²) in [4.78, 5) is 0. The van der Waals surface area contributed by atoms with E-state index in [9.17, 15) is 0 Å². The molecule has 2 rings (SSSR count). The average Bonchev–Trinajstić information content (AvgIpc) is 2.83. The molecule has 4 N–H and O–H groups in total. The zero-order valence-electron chi connectivity index (χ0n) is 8.98. The Morgan fingerprint density at radius 2 is 1.31 bits per heavy atom. The molecule has 0 aliphatic carbocycles. The van der Waals surface area contributed by atoms with E-state index in [-0.39, 0.29) is 0 Å². The van der Waals surface area contributed by atoms with E-state index in [1.807, 2.05) is 34.2 Å². The highest BCUT2D eigenvalue weighted by atomic mass is 15.3. The number of nitrogens with two attached hydrogens (primary N) is 2. The first kappa shape index (κ1) is 10.3. The number of rotatable bonds is 4. The maximum Gasteiger partial charge on any atom is 0.267 e. The maximum absolute atomic E-state index is 5.53. The Morgan fingerprint density at radius 1 is 0.875 bits per heavy atom. The Morgan fingerprint density at radius 3 is 1.62 bits per heavy atom. The molecule has 0 atom stereocenters. The van der Waals surface area contributed by atoms with Crippen LogP contribution in [0.25, 0.3) is 0 Å². The van der Waals surface area contributed by atoms with Crippen LogP contribution in [0.1, 0.15) is 0 Å². The van der Waals surface area contributed by atoms with Crippen LogP contribution < -0.4 is 20.8 Å². The van der Waals surface area contributed by atoms with Crippen LogP contribution in [0.3, 0.4) is 0 Å². The van der Waals surface area contributed by atoms with Gasteiger partial charge in [-0.15, -0.1) is 9.35 Å². The molecule has 84 valence electrons. The smallest absolute Gasteiger partial charge is 0.267 e. The van der Waals surface area contributed by atoms with Crippen molar-refractivity contribution in [2.45, 2.75) is 13.1 Å². The summed E-state index contributed by atoms with van der Waals surface area (Å²) in [5, 5.41) is 0. The topological polar surface area (TPSA) is 69.7 Å². The summed E-state index contributed by atoms with van der Waals surface area (Å²) in [5.74, 6) is 11.1. The van der Waals surface area contributed by atoms with E-state index in [0.29, 0.717) is 0 Å². The lowest BCUT2D eigenvalue weighted by Gasteiger charge is -1.89. The molecule has 0 saturated heterocycles. The fraction of sp³-hybridized carbons (Fsp3) is 0.200. The number of aromatic nitrogens is 4. The van der Waals surface area contributed by atoms with E-state index in [0.717, 1.165) is 13.1 Å². The Balaban J connectivity index is 1.82. The van der Waals surface area contributed by atoms with Gasteiger partial charge in [-0.1, -0.05) is 0 Å². The van der Waals surface area contributed by atoms with Crippen LogP contribution in [0.15, 0.2) is 49.6 Å². The van der Waals surface area contributed by atoms with E-state index in [1.165, 1.54) is 9.35 Å². The third-order valence-electron chi connectivity index (χ3n) is 2.22. The summed E-state index contributed by atoms with van der Waals surface area (Å²) in [6.45, 7) is 1.63. The van der Waals surface area contributed by atoms with Crippen LogP contribution in [0.4, 0.5) is 0 Å². The van der Waals surface area contributed by atoms with Crippen molar-refractivity contribution in [1.29, 1.82) is 0 Å². The summed E-state index contributed by atoms with van der Waals surface area (Å²) in [7, 11) is 0. The van der Waals surface area contributed by atoms with Gasteiger partial charge in [0.05, 0.1) is 0 Å². The van der Waals surface area contributed by atoms with Gasteiger partial charge in [-0.3, -0.25) is 11.7 Å². The van der Waals surface area contributed by atoms with Crippen LogP contribution in [0.5, 0.6) is 0 Å². The largest absolute Gasteiger partial charge is 0.269 e. The third-order valence-corrected chi connectivity index (χ3v) is 2.22. The molecule has 2 aromatic heterocycles. The van der Waals surface area contributed by atoms with E-state index in [1.54, 1.807) is 12.4 Å². The molecule has 0 fully saturated rings. The summed E-state index contributed by atoms with van der Waals surface area (Å²) in [6, 6.07) is 0. The first-order chi connectivity index (χ1) is 7.74. The van der Waals surface area contributed by atoms with Gasteiger partial charge in [-0.05, 0) is 12.2 Å². The number of allylic oxidation sites excluding steroid dienone is 2. The summed E-state index contributed by atoms with van der Waals surface area (Å²) in [6.07, 6.45) is 15.3. The van der Waals surface area contributed by atoms with Crippen LogP contribution in [-0.4, -0.2) is 9.35 Å². The summed E-state index contributed by atoms with van der Waals surface area (Å²) < 4.78 is 7.04. The molecule has 16 heavy (non-hydrogen) atoms. The van der Waals surface area contributed by atoms with Crippen molar-refractivity contribution in [3.8, 4) is 0 Å². The zero-order chi connectivity index (χ0) is 11.4. The molecular formula is C10H16N6+2. The van der Waals surface area contributed by atoms with Crippen molar-refractivity contribution < 1.29 is 9.13 Å². The molecule has 0 radical (unpaired) electrons. The monoisotopic (exact) mass is 220 g/mol. The number of imidazole rings is 2. The number of nitrogen functional groups attached to an aromatic ring is 2. The first-order valence-electron chi connectivity index (χ1n) is 5.03. The van der Waals surface area contributed by atoms with Gasteiger partial charge in [0.1, 0.15) is 25.5 Å². The van der Waals surface area contributed by atoms with E-state index >= 15 is 0 Å². The highest BCUT2D eigenvalue weighted by Crippen LogP contribution is 1.79. The first-order valence-corrected chi connectivity index (χ1v) is 5.03. The highest BCUT2D eigenvalue weighted by Gasteiger charge is 1.98. The molecule has 6 nitrogen and oxygen atoms in total. The molecule has 0 amide bonds. The molecule has 0 aliphatic rings. The lowest BCUT2D eigenvalue weighted by atomic mass is 10.4. The molecule has 2 heterocycles. The van der Waals surface area contributed by atoms with Crippen LogP contribution in [-0.2, 0) is 13.1 Å². The maximum atomic E-state index is 5.53. The van der Waals surface area contributed by atoms with Gasteiger partial charge in [-0.25, -0.2) is 9.13 Å². The number of hydrogen-bond acceptors (Lipinski definition) is 2. The molecule has 0 aromatic carbocycles. The van der Waals surface area contributed by atoms with Crippen molar-refractivity contribution >= 4 is 0 Å². The lowest BCUT2D eigenvalue weighted by Crippen LogP contribution is -2.32. The van der Waals surface area contributed by atoms with Crippen molar-refractivity contribution in [2.75, 3.05) is 11.7 Å². The predicted octanol–water partition coefficient (Wildman–Crippen LogP) is -1.45. The fourth-order valence-electron chi connectivity index (χ4n) is 1.43. The second-order valence-electron chi connectivity index (χ2n) is 3.59. The van der Waals surface area contributed by atoms with Gasteiger partial charge in [0.25, 0.3) is 12.7 Å². The minimum atomic E-state index is 0.814. The number of hydrogen-bond donors (Lipinski definition) is 2. The lowest BCUT2D eigenvalue weighted by molar-refractivity contribution is -0.690. The molecule has 2 aromatic rings. The molecular weight excluding hydrogens is 204 g/mol. The van der Waals surface area contributed by atoms with Crippen LogP contribution >= 0.6 is 0 Å². The zero-order valence-corrected chi connectivity index (χ0v) is 8.98. The highest BCUT2D eigenvalue weighted by molar-refractivity contribution is 4.76. The second kappa shape index (κ2) is 4.52. The Kier molecular flexibility index (Phi) is 2.90. The Bertz CT molecular complexity index is 437. The normalized spacial score (nSPS) is 11.2. The van der Waals surface area contributed by atoms with E-state index < -0.39 is 0 Å². The average molecular weight is 220 g/mol. The van der Waals surface area contributed by atoms with Gasteiger partial charge >= 0.3 is 0 Å². The summed E-state index contributed by atoms with van der Waals surface area (Å²) >= 11 is 0.